The van der Waals surface area contributed by atoms with Gasteiger partial charge in [-0.2, -0.15) is 0 Å². The zero-order valence-corrected chi connectivity index (χ0v) is 13.3. The molecule has 0 aliphatic carbocycles. The monoisotopic (exact) mass is 276 g/mol. The van der Waals surface area contributed by atoms with Crippen LogP contribution in [0, 0.1) is 12.8 Å². The molecule has 0 radical (unpaired) electrons. The lowest BCUT2D eigenvalue weighted by Crippen LogP contribution is -2.43. The summed E-state index contributed by atoms with van der Waals surface area (Å²) < 4.78 is 5.61. The fourth-order valence-electron chi connectivity index (χ4n) is 2.91. The van der Waals surface area contributed by atoms with E-state index in [1.54, 1.807) is 0 Å². The molecule has 20 heavy (non-hydrogen) atoms. The summed E-state index contributed by atoms with van der Waals surface area (Å²) in [6.07, 6.45) is 1.56. The molecule has 0 saturated carbocycles. The predicted octanol–water partition coefficient (Wildman–Crippen LogP) is 2.97. The fraction of sp³-hybridized carbons (Fsp3) is 0.647. The van der Waals surface area contributed by atoms with Crippen molar-refractivity contribution < 1.29 is 4.74 Å². The molecule has 2 atom stereocenters. The molecular weight excluding hydrogens is 248 g/mol. The number of ether oxygens (including phenoxy) is 1. The van der Waals surface area contributed by atoms with E-state index in [4.69, 9.17) is 4.74 Å². The van der Waals surface area contributed by atoms with Crippen LogP contribution < -0.4 is 10.2 Å². The maximum Gasteiger partial charge on any atom is 0.0772 e. The largest absolute Gasteiger partial charge is 0.379 e. The van der Waals surface area contributed by atoms with E-state index in [0.29, 0.717) is 12.0 Å². The number of hydrogen-bond acceptors (Lipinski definition) is 3. The molecule has 1 aliphatic rings. The number of aryl methyl sites for hydroxylation is 1. The number of methoxy groups -OCH3 is 1. The van der Waals surface area contributed by atoms with Gasteiger partial charge in [0.15, 0.2) is 0 Å². The second-order valence-corrected chi connectivity index (χ2v) is 5.88. The van der Waals surface area contributed by atoms with Gasteiger partial charge in [-0.25, -0.2) is 0 Å². The number of piperidine rings is 1. The number of hydrogen-bond donors (Lipinski definition) is 1. The van der Waals surface area contributed by atoms with E-state index in [1.807, 2.05) is 7.11 Å². The molecular formula is C17H28N2O. The van der Waals surface area contributed by atoms with Crippen LogP contribution in [0.2, 0.25) is 0 Å². The molecule has 0 amide bonds. The number of rotatable bonds is 5. The fourth-order valence-corrected chi connectivity index (χ4v) is 2.91. The van der Waals surface area contributed by atoms with Crippen molar-refractivity contribution in [3.05, 3.63) is 29.3 Å². The standard InChI is InChI=1S/C17H28N2O/c1-5-18-11-15-6-7-16(10-14(15)3)19-9-8-13(2)17(12-19)20-4/h6-7,10,13,17-18H,5,8-9,11-12H2,1-4H3. The van der Waals surface area contributed by atoms with Gasteiger partial charge in [-0.15, -0.1) is 0 Å². The van der Waals surface area contributed by atoms with Crippen LogP contribution in [0.1, 0.15) is 31.4 Å². The first-order valence-corrected chi connectivity index (χ1v) is 7.73. The SMILES string of the molecule is CCNCc1ccc(N2CCC(C)C(OC)C2)cc1C. The number of nitrogens with one attached hydrogen (secondary N) is 1. The molecule has 1 aromatic rings. The minimum Gasteiger partial charge on any atom is -0.379 e. The summed E-state index contributed by atoms with van der Waals surface area (Å²) in [5, 5.41) is 3.39. The van der Waals surface area contributed by atoms with Crippen molar-refractivity contribution in [2.45, 2.75) is 39.8 Å². The Hall–Kier alpha value is -1.06. The van der Waals surface area contributed by atoms with Crippen molar-refractivity contribution in [1.29, 1.82) is 0 Å². The molecule has 0 aromatic heterocycles. The van der Waals surface area contributed by atoms with E-state index in [-0.39, 0.29) is 0 Å². The van der Waals surface area contributed by atoms with Gasteiger partial charge in [-0.1, -0.05) is 19.9 Å². The molecule has 1 aromatic carbocycles. The van der Waals surface area contributed by atoms with Crippen molar-refractivity contribution in [3.8, 4) is 0 Å². The average molecular weight is 276 g/mol. The summed E-state index contributed by atoms with van der Waals surface area (Å²) in [5.41, 5.74) is 4.09. The minimum atomic E-state index is 0.352. The zero-order valence-electron chi connectivity index (χ0n) is 13.3. The van der Waals surface area contributed by atoms with Gasteiger partial charge in [0.25, 0.3) is 0 Å². The summed E-state index contributed by atoms with van der Waals surface area (Å²) in [6.45, 7) is 10.7. The van der Waals surface area contributed by atoms with Gasteiger partial charge in [-0.3, -0.25) is 0 Å². The van der Waals surface area contributed by atoms with Crippen LogP contribution in [-0.2, 0) is 11.3 Å². The lowest BCUT2D eigenvalue weighted by atomic mass is 9.95. The Morgan fingerprint density at radius 1 is 1.40 bits per heavy atom. The van der Waals surface area contributed by atoms with Crippen molar-refractivity contribution in [1.82, 2.24) is 5.32 Å². The summed E-state index contributed by atoms with van der Waals surface area (Å²) in [6, 6.07) is 6.82. The van der Waals surface area contributed by atoms with Gasteiger partial charge in [0.2, 0.25) is 0 Å². The maximum absolute atomic E-state index is 5.61. The first-order chi connectivity index (χ1) is 9.65. The Kier molecular flexibility index (Phi) is 5.44. The van der Waals surface area contributed by atoms with E-state index < -0.39 is 0 Å². The Morgan fingerprint density at radius 3 is 2.85 bits per heavy atom. The highest BCUT2D eigenvalue weighted by Crippen LogP contribution is 2.26. The van der Waals surface area contributed by atoms with Crippen LogP contribution in [0.25, 0.3) is 0 Å². The Labute approximate surface area is 123 Å². The van der Waals surface area contributed by atoms with Crippen LogP contribution in [0.4, 0.5) is 5.69 Å². The molecule has 2 rings (SSSR count). The van der Waals surface area contributed by atoms with Crippen LogP contribution in [0.15, 0.2) is 18.2 Å². The highest BCUT2D eigenvalue weighted by molar-refractivity contribution is 5.51. The third-order valence-electron chi connectivity index (χ3n) is 4.45. The molecule has 1 fully saturated rings. The van der Waals surface area contributed by atoms with E-state index in [1.165, 1.54) is 23.2 Å². The molecule has 112 valence electrons. The highest BCUT2D eigenvalue weighted by atomic mass is 16.5. The van der Waals surface area contributed by atoms with Crippen LogP contribution in [-0.4, -0.2) is 32.8 Å². The van der Waals surface area contributed by atoms with Crippen molar-refractivity contribution >= 4 is 5.69 Å². The van der Waals surface area contributed by atoms with Gasteiger partial charge < -0.3 is 15.0 Å². The summed E-state index contributed by atoms with van der Waals surface area (Å²) in [5.74, 6) is 0.658. The van der Waals surface area contributed by atoms with Gasteiger partial charge >= 0.3 is 0 Å². The Bertz CT molecular complexity index is 433. The summed E-state index contributed by atoms with van der Waals surface area (Å²) in [4.78, 5) is 2.46. The Morgan fingerprint density at radius 2 is 2.20 bits per heavy atom. The third kappa shape index (κ3) is 3.53. The second kappa shape index (κ2) is 7.09. The van der Waals surface area contributed by atoms with Crippen molar-refractivity contribution in [2.75, 3.05) is 31.6 Å². The molecule has 1 aliphatic heterocycles. The predicted molar refractivity (Wildman–Crippen MR) is 85.4 cm³/mol. The average Bonchev–Trinajstić information content (AvgIpc) is 2.46. The number of anilines is 1. The molecule has 0 bridgehead atoms. The summed E-state index contributed by atoms with van der Waals surface area (Å²) in [7, 11) is 1.83. The topological polar surface area (TPSA) is 24.5 Å². The van der Waals surface area contributed by atoms with Crippen LogP contribution in [0.3, 0.4) is 0 Å². The van der Waals surface area contributed by atoms with Crippen molar-refractivity contribution in [2.24, 2.45) is 5.92 Å². The van der Waals surface area contributed by atoms with E-state index >= 15 is 0 Å². The van der Waals surface area contributed by atoms with Gasteiger partial charge in [0, 0.05) is 32.4 Å². The van der Waals surface area contributed by atoms with E-state index in [9.17, 15) is 0 Å². The van der Waals surface area contributed by atoms with E-state index in [0.717, 1.165) is 26.2 Å². The molecule has 2 unspecified atom stereocenters. The molecule has 1 saturated heterocycles. The smallest absolute Gasteiger partial charge is 0.0772 e. The lowest BCUT2D eigenvalue weighted by molar-refractivity contribution is 0.0498. The van der Waals surface area contributed by atoms with Gasteiger partial charge in [0.05, 0.1) is 6.10 Å². The van der Waals surface area contributed by atoms with Crippen LogP contribution in [0.5, 0.6) is 0 Å². The molecule has 3 nitrogen and oxygen atoms in total. The third-order valence-corrected chi connectivity index (χ3v) is 4.45. The molecule has 3 heteroatoms. The normalized spacial score (nSPS) is 23.1. The highest BCUT2D eigenvalue weighted by Gasteiger charge is 2.26. The quantitative estimate of drug-likeness (QED) is 0.895. The molecule has 1 N–H and O–H groups in total. The number of benzene rings is 1. The molecule has 0 spiro atoms. The molecule has 1 heterocycles. The first kappa shape index (κ1) is 15.3. The van der Waals surface area contributed by atoms with Crippen molar-refractivity contribution in [3.63, 3.8) is 0 Å². The second-order valence-electron chi connectivity index (χ2n) is 5.88. The minimum absolute atomic E-state index is 0.352. The summed E-state index contributed by atoms with van der Waals surface area (Å²) >= 11 is 0. The van der Waals surface area contributed by atoms with Crippen LogP contribution >= 0.6 is 0 Å². The zero-order chi connectivity index (χ0) is 14.5. The maximum atomic E-state index is 5.61. The van der Waals surface area contributed by atoms with Gasteiger partial charge in [-0.05, 0) is 49.1 Å². The Balaban J connectivity index is 2.07. The van der Waals surface area contributed by atoms with E-state index in [2.05, 4.69) is 49.2 Å². The first-order valence-electron chi connectivity index (χ1n) is 7.73. The van der Waals surface area contributed by atoms with Gasteiger partial charge in [0.1, 0.15) is 0 Å². The lowest BCUT2D eigenvalue weighted by Gasteiger charge is -2.37. The number of nitrogens with zero attached hydrogens (tertiary/aromatic N) is 1.